The summed E-state index contributed by atoms with van der Waals surface area (Å²) in [6, 6.07) is 25.5. The molecule has 3 aromatic carbocycles. The van der Waals surface area contributed by atoms with Crippen molar-refractivity contribution in [2.24, 2.45) is 0 Å². The van der Waals surface area contributed by atoms with E-state index >= 15 is 0 Å². The Bertz CT molecular complexity index is 1630. The summed E-state index contributed by atoms with van der Waals surface area (Å²) in [4.78, 5) is 22.4. The van der Waals surface area contributed by atoms with Gasteiger partial charge in [-0.2, -0.15) is 0 Å². The maximum absolute atomic E-state index is 12.4. The molecule has 2 aromatic heterocycles. The van der Waals surface area contributed by atoms with Gasteiger partial charge < -0.3 is 15.2 Å². The number of benzene rings is 3. The molecule has 1 aliphatic rings. The standard InChI is InChI=1S/C30H25N3O3/c34-27-14-22-11-13-33(18-23(22)15-28(27)35)17-19-6-8-21(9-7-19)29-24(20-4-2-1-3-5-20)16-25-26(32-29)10-12-31-30(25)36/h1-10,12,14-16,34-35H,11,13,17-18H2,(H,31,36). The number of nitrogens with one attached hydrogen (secondary N) is 1. The Labute approximate surface area is 208 Å². The van der Waals surface area contributed by atoms with E-state index in [0.717, 1.165) is 59.6 Å². The van der Waals surface area contributed by atoms with Gasteiger partial charge in [-0.05, 0) is 52.9 Å². The second-order valence-electron chi connectivity index (χ2n) is 9.26. The van der Waals surface area contributed by atoms with Crippen molar-refractivity contribution in [2.45, 2.75) is 19.5 Å². The number of aromatic hydroxyl groups is 2. The van der Waals surface area contributed by atoms with Crippen LogP contribution in [0.5, 0.6) is 11.5 Å². The van der Waals surface area contributed by atoms with Gasteiger partial charge in [0.1, 0.15) is 0 Å². The lowest BCUT2D eigenvalue weighted by Crippen LogP contribution is -2.29. The highest BCUT2D eigenvalue weighted by atomic mass is 16.3. The Morgan fingerprint density at radius 3 is 2.39 bits per heavy atom. The van der Waals surface area contributed by atoms with Gasteiger partial charge >= 0.3 is 0 Å². The molecule has 0 bridgehead atoms. The Morgan fingerprint density at radius 1 is 0.861 bits per heavy atom. The van der Waals surface area contributed by atoms with Crippen molar-refractivity contribution in [1.29, 1.82) is 0 Å². The van der Waals surface area contributed by atoms with Crippen molar-refractivity contribution in [3.05, 3.63) is 112 Å². The van der Waals surface area contributed by atoms with Crippen LogP contribution in [0.1, 0.15) is 16.7 Å². The molecule has 6 rings (SSSR count). The van der Waals surface area contributed by atoms with Crippen LogP contribution in [0.25, 0.3) is 33.3 Å². The van der Waals surface area contributed by atoms with Crippen LogP contribution in [-0.2, 0) is 19.5 Å². The highest BCUT2D eigenvalue weighted by molar-refractivity contribution is 5.91. The smallest absolute Gasteiger partial charge is 0.257 e. The summed E-state index contributed by atoms with van der Waals surface area (Å²) in [6.07, 6.45) is 2.46. The first-order chi connectivity index (χ1) is 17.5. The Balaban J connectivity index is 1.31. The summed E-state index contributed by atoms with van der Waals surface area (Å²) in [6.45, 7) is 2.40. The van der Waals surface area contributed by atoms with Gasteiger partial charge in [-0.25, -0.2) is 4.98 Å². The zero-order valence-electron chi connectivity index (χ0n) is 19.6. The van der Waals surface area contributed by atoms with Crippen molar-refractivity contribution in [1.82, 2.24) is 14.9 Å². The third-order valence-corrected chi connectivity index (χ3v) is 6.86. The molecule has 0 saturated heterocycles. The number of hydrogen-bond acceptors (Lipinski definition) is 5. The molecule has 5 aromatic rings. The molecule has 0 spiro atoms. The average molecular weight is 476 g/mol. The number of pyridine rings is 2. The van der Waals surface area contributed by atoms with Gasteiger partial charge in [0.15, 0.2) is 11.5 Å². The number of aromatic amines is 1. The SMILES string of the molecule is O=c1[nH]ccc2nc(-c3ccc(CN4CCc5cc(O)c(O)cc5C4)cc3)c(-c3ccccc3)cc12. The molecule has 36 heavy (non-hydrogen) atoms. The quantitative estimate of drug-likeness (QED) is 0.310. The number of fused-ring (bicyclic) bond motifs is 2. The number of rotatable bonds is 4. The minimum absolute atomic E-state index is 0.0560. The molecule has 0 saturated carbocycles. The number of H-pyrrole nitrogens is 1. The lowest BCUT2D eigenvalue weighted by molar-refractivity contribution is 0.244. The maximum Gasteiger partial charge on any atom is 0.257 e. The van der Waals surface area contributed by atoms with Crippen LogP contribution in [0, 0.1) is 0 Å². The molecule has 0 radical (unpaired) electrons. The lowest BCUT2D eigenvalue weighted by Gasteiger charge is -2.29. The molecular formula is C30H25N3O3. The number of phenols is 2. The van der Waals surface area contributed by atoms with E-state index in [-0.39, 0.29) is 17.1 Å². The lowest BCUT2D eigenvalue weighted by atomic mass is 9.96. The fraction of sp³-hybridized carbons (Fsp3) is 0.133. The molecule has 1 aliphatic heterocycles. The van der Waals surface area contributed by atoms with Crippen LogP contribution in [0.3, 0.4) is 0 Å². The fourth-order valence-electron chi connectivity index (χ4n) is 4.97. The van der Waals surface area contributed by atoms with Crippen LogP contribution in [-0.4, -0.2) is 31.6 Å². The first kappa shape index (κ1) is 22.1. The van der Waals surface area contributed by atoms with Crippen LogP contribution in [0.4, 0.5) is 0 Å². The molecule has 0 aliphatic carbocycles. The maximum atomic E-state index is 12.4. The summed E-state index contributed by atoms with van der Waals surface area (Å²) in [7, 11) is 0. The molecule has 0 fully saturated rings. The Kier molecular flexibility index (Phi) is 5.51. The van der Waals surface area contributed by atoms with Gasteiger partial charge in [-0.1, -0.05) is 54.6 Å². The minimum Gasteiger partial charge on any atom is -0.504 e. The highest BCUT2D eigenvalue weighted by Gasteiger charge is 2.19. The number of nitrogens with zero attached hydrogens (tertiary/aromatic N) is 2. The van der Waals surface area contributed by atoms with Crippen LogP contribution < -0.4 is 5.56 Å². The monoisotopic (exact) mass is 475 g/mol. The molecular weight excluding hydrogens is 450 g/mol. The summed E-state index contributed by atoms with van der Waals surface area (Å²) in [5.74, 6) is -0.126. The van der Waals surface area contributed by atoms with E-state index in [1.54, 1.807) is 18.3 Å². The van der Waals surface area contributed by atoms with E-state index in [4.69, 9.17) is 4.98 Å². The van der Waals surface area contributed by atoms with E-state index < -0.39 is 0 Å². The number of phenolic OH excluding ortho intramolecular Hbond substituents is 2. The largest absolute Gasteiger partial charge is 0.504 e. The third-order valence-electron chi connectivity index (χ3n) is 6.86. The molecule has 0 unspecified atom stereocenters. The summed E-state index contributed by atoms with van der Waals surface area (Å²) < 4.78 is 0. The average Bonchev–Trinajstić information content (AvgIpc) is 2.90. The summed E-state index contributed by atoms with van der Waals surface area (Å²) in [5, 5.41) is 20.2. The second kappa shape index (κ2) is 8.98. The van der Waals surface area contributed by atoms with Crippen LogP contribution >= 0.6 is 0 Å². The number of aromatic nitrogens is 2. The van der Waals surface area contributed by atoms with Gasteiger partial charge in [0.2, 0.25) is 0 Å². The normalized spacial score (nSPS) is 13.6. The highest BCUT2D eigenvalue weighted by Crippen LogP contribution is 2.34. The third kappa shape index (κ3) is 4.12. The van der Waals surface area contributed by atoms with Gasteiger partial charge in [-0.3, -0.25) is 9.69 Å². The molecule has 3 heterocycles. The number of hydrogen-bond donors (Lipinski definition) is 3. The van der Waals surface area contributed by atoms with E-state index in [2.05, 4.69) is 34.1 Å². The van der Waals surface area contributed by atoms with Crippen LogP contribution in [0.15, 0.2) is 89.9 Å². The predicted molar refractivity (Wildman–Crippen MR) is 141 cm³/mol. The van der Waals surface area contributed by atoms with Crippen molar-refractivity contribution in [2.75, 3.05) is 6.54 Å². The molecule has 6 heteroatoms. The minimum atomic E-state index is -0.147. The van der Waals surface area contributed by atoms with E-state index in [1.807, 2.05) is 42.5 Å². The molecule has 178 valence electrons. The second-order valence-corrected chi connectivity index (χ2v) is 9.26. The van der Waals surface area contributed by atoms with E-state index in [0.29, 0.717) is 10.9 Å². The van der Waals surface area contributed by atoms with Crippen LogP contribution in [0.2, 0.25) is 0 Å². The first-order valence-corrected chi connectivity index (χ1v) is 12.0. The van der Waals surface area contributed by atoms with E-state index in [1.165, 1.54) is 5.56 Å². The van der Waals surface area contributed by atoms with Gasteiger partial charge in [0, 0.05) is 37.0 Å². The molecule has 0 amide bonds. The molecule has 0 atom stereocenters. The zero-order valence-corrected chi connectivity index (χ0v) is 19.6. The van der Waals surface area contributed by atoms with Gasteiger partial charge in [-0.15, -0.1) is 0 Å². The molecule has 3 N–H and O–H groups in total. The Morgan fingerprint density at radius 2 is 1.61 bits per heavy atom. The first-order valence-electron chi connectivity index (χ1n) is 12.0. The topological polar surface area (TPSA) is 89.5 Å². The molecule has 6 nitrogen and oxygen atoms in total. The fourth-order valence-corrected chi connectivity index (χ4v) is 4.97. The van der Waals surface area contributed by atoms with Crippen molar-refractivity contribution in [3.63, 3.8) is 0 Å². The van der Waals surface area contributed by atoms with Crippen molar-refractivity contribution in [3.8, 4) is 33.9 Å². The summed E-state index contributed by atoms with van der Waals surface area (Å²) >= 11 is 0. The van der Waals surface area contributed by atoms with Crippen molar-refractivity contribution >= 4 is 10.9 Å². The Hall–Kier alpha value is -4.42. The van der Waals surface area contributed by atoms with Crippen molar-refractivity contribution < 1.29 is 10.2 Å². The van der Waals surface area contributed by atoms with Gasteiger partial charge in [0.05, 0.1) is 16.6 Å². The predicted octanol–water partition coefficient (Wildman–Crippen LogP) is 5.23. The summed E-state index contributed by atoms with van der Waals surface area (Å²) in [5.41, 5.74) is 7.60. The van der Waals surface area contributed by atoms with E-state index in [9.17, 15) is 15.0 Å². The zero-order chi connectivity index (χ0) is 24.6. The van der Waals surface area contributed by atoms with Gasteiger partial charge in [0.25, 0.3) is 5.56 Å².